The number of hydrogen-bond donors (Lipinski definition) is 0. The fraction of sp³-hybridized carbons (Fsp3) is 0.0323. The van der Waals surface area contributed by atoms with Gasteiger partial charge in [-0.3, -0.25) is 0 Å². The zero-order valence-electron chi connectivity index (χ0n) is 34.9. The van der Waals surface area contributed by atoms with Gasteiger partial charge in [0.2, 0.25) is 0 Å². The van der Waals surface area contributed by atoms with E-state index in [2.05, 4.69) is 241 Å². The van der Waals surface area contributed by atoms with E-state index in [0.29, 0.717) is 0 Å². The monoisotopic (exact) mass is 829 g/mol. The minimum absolute atomic E-state index is 0.447. The van der Waals surface area contributed by atoms with E-state index < -0.39 is 10.8 Å². The molecule has 0 radical (unpaired) electrons. The molecule has 2 heteroatoms. The van der Waals surface area contributed by atoms with Crippen molar-refractivity contribution >= 4 is 48.6 Å². The Kier molecular flexibility index (Phi) is 7.47. The quantitative estimate of drug-likeness (QED) is 0.167. The summed E-state index contributed by atoms with van der Waals surface area (Å²) >= 11 is 1.90. The Morgan fingerprint density at radius 1 is 0.281 bits per heavy atom. The van der Waals surface area contributed by atoms with Crippen LogP contribution in [0.25, 0.3) is 53.6 Å². The highest BCUT2D eigenvalue weighted by Crippen LogP contribution is 2.65. The summed E-state index contributed by atoms with van der Waals surface area (Å²) < 4.78 is 2.55. The number of hydrogen-bond acceptors (Lipinski definition) is 2. The molecular weight excluding hydrogens is 791 g/mol. The molecule has 0 atom stereocenters. The van der Waals surface area contributed by atoms with Gasteiger partial charge in [0.05, 0.1) is 22.2 Å². The van der Waals surface area contributed by atoms with Gasteiger partial charge < -0.3 is 4.90 Å². The number of rotatable bonds is 5. The van der Waals surface area contributed by atoms with Gasteiger partial charge in [0.15, 0.2) is 0 Å². The van der Waals surface area contributed by atoms with Crippen molar-refractivity contribution in [3.63, 3.8) is 0 Å². The molecule has 3 aliphatic rings. The number of para-hydroxylation sites is 1. The lowest BCUT2D eigenvalue weighted by Gasteiger charge is -2.35. The van der Waals surface area contributed by atoms with Gasteiger partial charge in [0.25, 0.3) is 0 Å². The van der Waals surface area contributed by atoms with Gasteiger partial charge in [-0.2, -0.15) is 0 Å². The number of nitrogens with zero attached hydrogens (tertiary/aromatic N) is 1. The first kappa shape index (κ1) is 35.8. The first-order valence-electron chi connectivity index (χ1n) is 22.3. The van der Waals surface area contributed by atoms with Crippen molar-refractivity contribution in [1.29, 1.82) is 0 Å². The molecule has 0 bridgehead atoms. The Labute approximate surface area is 376 Å². The SMILES string of the molecule is c1ccc(N(c2cccc3c2-c2ccccc2C32c3ccccc3-c3ccccc32)c2cccc3sc4cccc(C5(c6ccccc6)c6ccccc6-c6ccccc65)c4c23)cc1. The van der Waals surface area contributed by atoms with Crippen molar-refractivity contribution < 1.29 is 0 Å². The summed E-state index contributed by atoms with van der Waals surface area (Å²) in [5, 5.41) is 2.58. The Morgan fingerprint density at radius 3 is 1.28 bits per heavy atom. The lowest BCUT2D eigenvalue weighted by molar-refractivity contribution is 0.777. The van der Waals surface area contributed by atoms with Crippen molar-refractivity contribution in [2.45, 2.75) is 10.8 Å². The third-order valence-electron chi connectivity index (χ3n) is 14.6. The predicted molar refractivity (Wildman–Crippen MR) is 268 cm³/mol. The van der Waals surface area contributed by atoms with Crippen molar-refractivity contribution in [1.82, 2.24) is 0 Å². The van der Waals surface area contributed by atoms with Crippen LogP contribution in [0.5, 0.6) is 0 Å². The van der Waals surface area contributed by atoms with E-state index >= 15 is 0 Å². The normalized spacial score (nSPS) is 14.2. The van der Waals surface area contributed by atoms with E-state index in [4.69, 9.17) is 0 Å². The van der Waals surface area contributed by atoms with Crippen LogP contribution in [0.4, 0.5) is 17.1 Å². The zero-order valence-corrected chi connectivity index (χ0v) is 35.7. The van der Waals surface area contributed by atoms with Gasteiger partial charge in [0.1, 0.15) is 0 Å². The van der Waals surface area contributed by atoms with Crippen LogP contribution in [-0.4, -0.2) is 0 Å². The molecule has 1 heterocycles. The van der Waals surface area contributed by atoms with E-state index in [-0.39, 0.29) is 0 Å². The summed E-state index contributed by atoms with van der Waals surface area (Å²) in [4.78, 5) is 2.57. The molecule has 0 unspecified atom stereocenters. The summed E-state index contributed by atoms with van der Waals surface area (Å²) in [5.74, 6) is 0. The second kappa shape index (κ2) is 13.4. The van der Waals surface area contributed by atoms with Crippen molar-refractivity contribution in [2.24, 2.45) is 0 Å². The average molecular weight is 830 g/mol. The second-order valence-corrected chi connectivity index (χ2v) is 18.5. The molecule has 11 aromatic rings. The third-order valence-corrected chi connectivity index (χ3v) is 15.7. The molecule has 0 aliphatic heterocycles. The van der Waals surface area contributed by atoms with Crippen LogP contribution in [0, 0.1) is 0 Å². The smallest absolute Gasteiger partial charge is 0.0726 e. The molecule has 0 saturated heterocycles. The minimum Gasteiger partial charge on any atom is -0.309 e. The Morgan fingerprint density at radius 2 is 0.688 bits per heavy atom. The van der Waals surface area contributed by atoms with E-state index in [9.17, 15) is 0 Å². The van der Waals surface area contributed by atoms with E-state index in [1.807, 2.05) is 11.3 Å². The Hall–Kier alpha value is -7.78. The van der Waals surface area contributed by atoms with E-state index in [1.165, 1.54) is 109 Å². The van der Waals surface area contributed by atoms with Crippen molar-refractivity contribution in [3.05, 3.63) is 281 Å². The second-order valence-electron chi connectivity index (χ2n) is 17.4. The molecule has 1 nitrogen and oxygen atoms in total. The van der Waals surface area contributed by atoms with Gasteiger partial charge in [-0.25, -0.2) is 0 Å². The van der Waals surface area contributed by atoms with Crippen molar-refractivity contribution in [3.8, 4) is 33.4 Å². The zero-order chi connectivity index (χ0) is 42.0. The number of anilines is 3. The van der Waals surface area contributed by atoms with Crippen LogP contribution in [0.3, 0.4) is 0 Å². The molecule has 64 heavy (non-hydrogen) atoms. The van der Waals surface area contributed by atoms with Crippen LogP contribution in [0.15, 0.2) is 237 Å². The van der Waals surface area contributed by atoms with Gasteiger partial charge in [0, 0.05) is 31.4 Å². The molecule has 1 aromatic heterocycles. The van der Waals surface area contributed by atoms with E-state index in [1.54, 1.807) is 0 Å². The largest absolute Gasteiger partial charge is 0.309 e. The average Bonchev–Trinajstić information content (AvgIpc) is 4.08. The van der Waals surface area contributed by atoms with Gasteiger partial charge in [-0.1, -0.05) is 200 Å². The van der Waals surface area contributed by atoms with Crippen LogP contribution in [-0.2, 0) is 10.8 Å². The maximum atomic E-state index is 2.57. The summed E-state index contributed by atoms with van der Waals surface area (Å²) in [6.07, 6.45) is 0. The van der Waals surface area contributed by atoms with Crippen LogP contribution in [0.2, 0.25) is 0 Å². The molecule has 0 N–H and O–H groups in total. The number of benzene rings is 10. The summed E-state index contributed by atoms with van der Waals surface area (Å²) in [6.45, 7) is 0. The first-order chi connectivity index (χ1) is 31.8. The van der Waals surface area contributed by atoms with Gasteiger partial charge in [-0.15, -0.1) is 11.3 Å². The van der Waals surface area contributed by atoms with Crippen LogP contribution < -0.4 is 4.90 Å². The van der Waals surface area contributed by atoms with Crippen molar-refractivity contribution in [2.75, 3.05) is 4.90 Å². The summed E-state index contributed by atoms with van der Waals surface area (Å²) in [7, 11) is 0. The molecule has 0 saturated carbocycles. The number of fused-ring (bicyclic) bond motifs is 16. The molecule has 0 fully saturated rings. The van der Waals surface area contributed by atoms with Gasteiger partial charge in [-0.05, 0) is 109 Å². The summed E-state index contributed by atoms with van der Waals surface area (Å²) in [5.41, 5.74) is 20.9. The molecular formula is C62H39NS. The topological polar surface area (TPSA) is 3.24 Å². The Bertz CT molecular complexity index is 3600. The molecule has 14 rings (SSSR count). The van der Waals surface area contributed by atoms with Crippen LogP contribution >= 0.6 is 11.3 Å². The highest BCUT2D eigenvalue weighted by Gasteiger charge is 2.53. The molecule has 0 amide bonds. The standard InChI is InChI=1S/C62H39NS/c1-3-20-40(21-4-1)61(47-29-12-7-24-42(47)43-25-8-13-30-48(43)61)53-35-18-38-56-59(53)60-55(37-19-39-57(60)64-56)63(41-22-5-2-6-23-41)54-36-17-34-52-58(54)46-28-11-16-33-51(46)62(52)49-31-14-9-26-44(49)45-27-10-15-32-50(45)62/h1-39H. The molecule has 10 aromatic carbocycles. The lowest BCUT2D eigenvalue weighted by Crippen LogP contribution is -2.28. The highest BCUT2D eigenvalue weighted by molar-refractivity contribution is 7.26. The van der Waals surface area contributed by atoms with Crippen LogP contribution in [0.1, 0.15) is 44.5 Å². The first-order valence-corrected chi connectivity index (χ1v) is 23.1. The lowest BCUT2D eigenvalue weighted by atomic mass is 9.66. The molecule has 1 spiro atoms. The predicted octanol–water partition coefficient (Wildman–Crippen LogP) is 16.2. The maximum absolute atomic E-state index is 2.57. The van der Waals surface area contributed by atoms with Gasteiger partial charge >= 0.3 is 0 Å². The maximum Gasteiger partial charge on any atom is 0.0726 e. The minimum atomic E-state index is -0.546. The molecule has 298 valence electrons. The highest BCUT2D eigenvalue weighted by atomic mass is 32.1. The van der Waals surface area contributed by atoms with E-state index in [0.717, 1.165) is 5.69 Å². The fourth-order valence-electron chi connectivity index (χ4n) is 12.3. The third kappa shape index (κ3) is 4.48. The fourth-order valence-corrected chi connectivity index (χ4v) is 13.5. The summed E-state index contributed by atoms with van der Waals surface area (Å²) in [6, 6.07) is 88.9. The Balaban J connectivity index is 1.10. The number of thiophene rings is 1. The molecule has 3 aliphatic carbocycles.